The maximum Gasteiger partial charge on any atom is 0.319 e. The normalized spacial score (nSPS) is 16.9. The Morgan fingerprint density at radius 2 is 1.93 bits per heavy atom. The predicted molar refractivity (Wildman–Crippen MR) is 112 cm³/mol. The van der Waals surface area contributed by atoms with E-state index in [9.17, 15) is 14.0 Å². The van der Waals surface area contributed by atoms with Crippen molar-refractivity contribution >= 4 is 17.5 Å². The molecule has 1 aliphatic heterocycles. The van der Waals surface area contributed by atoms with Crippen molar-refractivity contribution in [1.29, 1.82) is 0 Å². The van der Waals surface area contributed by atoms with E-state index >= 15 is 0 Å². The Morgan fingerprint density at radius 3 is 2.59 bits per heavy atom. The summed E-state index contributed by atoms with van der Waals surface area (Å²) in [5, 5.41) is 5.82. The molecule has 1 heterocycles. The van der Waals surface area contributed by atoms with Crippen molar-refractivity contribution in [1.82, 2.24) is 15.5 Å². The maximum absolute atomic E-state index is 13.3. The number of piperazine rings is 1. The molecule has 1 fully saturated rings. The number of hydrogen-bond acceptors (Lipinski definition) is 2. The second kappa shape index (κ2) is 8.07. The van der Waals surface area contributed by atoms with Crippen LogP contribution >= 0.6 is 0 Å². The number of amides is 3. The van der Waals surface area contributed by atoms with E-state index in [1.165, 1.54) is 29.2 Å². The van der Waals surface area contributed by atoms with Crippen LogP contribution in [0.5, 0.6) is 0 Å². The summed E-state index contributed by atoms with van der Waals surface area (Å²) in [6.45, 7) is 10.5. The summed E-state index contributed by atoms with van der Waals surface area (Å²) >= 11 is 0. The minimum Gasteiger partial charge on any atom is -0.352 e. The Balaban J connectivity index is 1.85. The number of carbonyl (C=O) groups is 2. The molecule has 0 saturated carbocycles. The average Bonchev–Trinajstić information content (AvgIpc) is 2.68. The fourth-order valence-corrected chi connectivity index (χ4v) is 3.45. The molecule has 0 bridgehead atoms. The summed E-state index contributed by atoms with van der Waals surface area (Å²) in [4.78, 5) is 27.2. The Hall–Kier alpha value is -3.15. The molecule has 0 aliphatic carbocycles. The Bertz CT molecular complexity index is 937. The lowest BCUT2D eigenvalue weighted by molar-refractivity contribution is -0.127. The predicted octanol–water partition coefficient (Wildman–Crippen LogP) is 3.98. The van der Waals surface area contributed by atoms with Gasteiger partial charge in [-0.15, -0.1) is 0 Å². The summed E-state index contributed by atoms with van der Waals surface area (Å²) in [5.74, 6) is -0.667. The van der Waals surface area contributed by atoms with E-state index in [-0.39, 0.29) is 17.8 Å². The molecular formula is C23H26FN3O2. The smallest absolute Gasteiger partial charge is 0.319 e. The van der Waals surface area contributed by atoms with E-state index in [1.807, 2.05) is 45.0 Å². The lowest BCUT2D eigenvalue weighted by Gasteiger charge is -2.38. The van der Waals surface area contributed by atoms with Gasteiger partial charge in [0.25, 0.3) is 0 Å². The zero-order valence-electron chi connectivity index (χ0n) is 17.0. The molecule has 1 aliphatic rings. The van der Waals surface area contributed by atoms with Gasteiger partial charge < -0.3 is 15.5 Å². The molecule has 0 radical (unpaired) electrons. The first kappa shape index (κ1) is 20.6. The third-order valence-corrected chi connectivity index (χ3v) is 5.16. The average molecular weight is 395 g/mol. The van der Waals surface area contributed by atoms with Crippen molar-refractivity contribution < 1.29 is 14.0 Å². The van der Waals surface area contributed by atoms with Crippen LogP contribution in [0, 0.1) is 5.82 Å². The molecule has 5 nitrogen and oxygen atoms in total. The molecule has 0 aromatic heterocycles. The van der Waals surface area contributed by atoms with Gasteiger partial charge in [0.1, 0.15) is 11.9 Å². The molecule has 2 aromatic carbocycles. The Kier molecular flexibility index (Phi) is 5.73. The lowest BCUT2D eigenvalue weighted by Crippen LogP contribution is -2.57. The Morgan fingerprint density at radius 1 is 1.24 bits per heavy atom. The zero-order chi connectivity index (χ0) is 21.2. The second-order valence-corrected chi connectivity index (χ2v) is 7.85. The van der Waals surface area contributed by atoms with Crippen LogP contribution in [0.2, 0.25) is 0 Å². The van der Waals surface area contributed by atoms with E-state index in [4.69, 9.17) is 0 Å². The van der Waals surface area contributed by atoms with Gasteiger partial charge in [0.15, 0.2) is 0 Å². The van der Waals surface area contributed by atoms with Crippen molar-refractivity contribution in [2.45, 2.75) is 32.4 Å². The minimum atomic E-state index is -0.804. The molecule has 6 heteroatoms. The lowest BCUT2D eigenvalue weighted by atomic mass is 9.91. The van der Waals surface area contributed by atoms with Gasteiger partial charge in [-0.2, -0.15) is 0 Å². The number of benzene rings is 2. The number of halogens is 1. The third-order valence-electron chi connectivity index (χ3n) is 5.16. The number of allylic oxidation sites excluding steroid dienone is 1. The summed E-state index contributed by atoms with van der Waals surface area (Å²) in [6, 6.07) is 12.4. The minimum absolute atomic E-state index is 0.278. The molecule has 1 saturated heterocycles. The maximum atomic E-state index is 13.3. The first-order valence-electron chi connectivity index (χ1n) is 9.57. The van der Waals surface area contributed by atoms with Gasteiger partial charge in [0.2, 0.25) is 5.91 Å². The van der Waals surface area contributed by atoms with Gasteiger partial charge in [-0.3, -0.25) is 4.79 Å². The molecular weight excluding hydrogens is 369 g/mol. The SMILES string of the molecule is C=C(C)c1cccc(C(C)(C)NC(=O)N2CCNC(=O)C2c2ccc(F)cc2)c1. The van der Waals surface area contributed by atoms with E-state index in [0.29, 0.717) is 18.7 Å². The highest BCUT2D eigenvalue weighted by Crippen LogP contribution is 2.27. The standard InChI is InChI=1S/C23H26FN3O2/c1-15(2)17-6-5-7-18(14-17)23(3,4)26-22(29)27-13-12-25-21(28)20(27)16-8-10-19(24)11-9-16/h5-11,14,20H,1,12-13H2,2-4H3,(H,25,28)(H,26,29). The second-order valence-electron chi connectivity index (χ2n) is 7.85. The quantitative estimate of drug-likeness (QED) is 0.823. The molecule has 29 heavy (non-hydrogen) atoms. The van der Waals surface area contributed by atoms with Crippen LogP contribution in [0.15, 0.2) is 55.1 Å². The van der Waals surface area contributed by atoms with E-state index in [1.54, 1.807) is 0 Å². The molecule has 1 atom stereocenters. The largest absolute Gasteiger partial charge is 0.352 e. The van der Waals surface area contributed by atoms with Gasteiger partial charge in [0, 0.05) is 13.1 Å². The zero-order valence-corrected chi connectivity index (χ0v) is 17.0. The summed E-state index contributed by atoms with van der Waals surface area (Å²) < 4.78 is 13.3. The number of carbonyl (C=O) groups excluding carboxylic acids is 2. The summed E-state index contributed by atoms with van der Waals surface area (Å²) in [6.07, 6.45) is 0. The van der Waals surface area contributed by atoms with Crippen LogP contribution < -0.4 is 10.6 Å². The highest BCUT2D eigenvalue weighted by molar-refractivity contribution is 5.89. The number of nitrogens with zero attached hydrogens (tertiary/aromatic N) is 1. The molecule has 0 spiro atoms. The van der Waals surface area contributed by atoms with Gasteiger partial charge in [-0.25, -0.2) is 9.18 Å². The molecule has 3 amide bonds. The topological polar surface area (TPSA) is 61.4 Å². The van der Waals surface area contributed by atoms with Gasteiger partial charge in [-0.1, -0.05) is 42.5 Å². The number of nitrogens with one attached hydrogen (secondary N) is 2. The van der Waals surface area contributed by atoms with Crippen molar-refractivity contribution in [3.05, 3.63) is 77.6 Å². The van der Waals surface area contributed by atoms with Gasteiger partial charge in [0.05, 0.1) is 5.54 Å². The highest BCUT2D eigenvalue weighted by Gasteiger charge is 2.36. The van der Waals surface area contributed by atoms with Crippen LogP contribution in [-0.4, -0.2) is 29.9 Å². The fraction of sp³-hybridized carbons (Fsp3) is 0.304. The molecule has 2 N–H and O–H groups in total. The molecule has 1 unspecified atom stereocenters. The van der Waals surface area contributed by atoms with Crippen LogP contribution in [0.1, 0.15) is 43.5 Å². The monoisotopic (exact) mass is 395 g/mol. The fourth-order valence-electron chi connectivity index (χ4n) is 3.45. The highest BCUT2D eigenvalue weighted by atomic mass is 19.1. The van der Waals surface area contributed by atoms with Crippen LogP contribution in [0.25, 0.3) is 5.57 Å². The van der Waals surface area contributed by atoms with Crippen molar-refractivity contribution in [3.63, 3.8) is 0 Å². The van der Waals surface area contributed by atoms with Crippen LogP contribution in [0.3, 0.4) is 0 Å². The molecule has 152 valence electrons. The summed E-state index contributed by atoms with van der Waals surface area (Å²) in [7, 11) is 0. The van der Waals surface area contributed by atoms with E-state index in [2.05, 4.69) is 17.2 Å². The molecule has 2 aromatic rings. The van der Waals surface area contributed by atoms with Crippen LogP contribution in [-0.2, 0) is 10.3 Å². The first-order valence-corrected chi connectivity index (χ1v) is 9.57. The Labute approximate surface area is 170 Å². The van der Waals surface area contributed by atoms with E-state index in [0.717, 1.165) is 16.7 Å². The number of hydrogen-bond donors (Lipinski definition) is 2. The number of urea groups is 1. The molecule has 3 rings (SSSR count). The van der Waals surface area contributed by atoms with Gasteiger partial charge in [-0.05, 0) is 55.7 Å². The van der Waals surface area contributed by atoms with Gasteiger partial charge >= 0.3 is 6.03 Å². The number of rotatable bonds is 4. The van der Waals surface area contributed by atoms with Crippen molar-refractivity contribution in [2.75, 3.05) is 13.1 Å². The van der Waals surface area contributed by atoms with Crippen LogP contribution in [0.4, 0.5) is 9.18 Å². The van der Waals surface area contributed by atoms with Crippen molar-refractivity contribution in [3.8, 4) is 0 Å². The first-order chi connectivity index (χ1) is 13.7. The van der Waals surface area contributed by atoms with Crippen molar-refractivity contribution in [2.24, 2.45) is 0 Å². The van der Waals surface area contributed by atoms with E-state index < -0.39 is 11.6 Å². The third kappa shape index (κ3) is 4.47. The summed E-state index contributed by atoms with van der Waals surface area (Å²) in [5.41, 5.74) is 2.79.